The van der Waals surface area contributed by atoms with Crippen LogP contribution in [0, 0.1) is 0 Å². The molecule has 0 bridgehead atoms. The van der Waals surface area contributed by atoms with E-state index >= 15 is 0 Å². The van der Waals surface area contributed by atoms with Crippen molar-refractivity contribution in [2.45, 2.75) is 200 Å². The van der Waals surface area contributed by atoms with E-state index in [1.165, 1.54) is 161 Å². The average Bonchev–Trinajstić information content (AvgIpc) is 3.04. The van der Waals surface area contributed by atoms with Gasteiger partial charge in [-0.25, -0.2) is 0 Å². The number of nitrogens with two attached hydrogens (primary N) is 1. The van der Waals surface area contributed by atoms with Crippen LogP contribution < -0.4 is 10.2 Å². The number of phosphoric acid groups is 1. The summed E-state index contributed by atoms with van der Waals surface area (Å²) in [5, 5.41) is 1.87. The van der Waals surface area contributed by atoms with Gasteiger partial charge in [-0.05, 0) is 12.8 Å². The zero-order valence-electron chi connectivity index (χ0n) is 31.1. The minimum Gasteiger partial charge on any atom is -0.756 e. The van der Waals surface area contributed by atoms with Crippen LogP contribution in [0.5, 0.6) is 0 Å². The number of unbranched alkanes of at least 4 members (excludes halogenated alkanes) is 26. The van der Waals surface area contributed by atoms with E-state index in [0.717, 1.165) is 19.3 Å². The largest absolute Gasteiger partial charge is 0.756 e. The summed E-state index contributed by atoms with van der Waals surface area (Å²) in [4.78, 5) is 12.1. The van der Waals surface area contributed by atoms with Gasteiger partial charge >= 0.3 is 0 Å². The molecule has 7 nitrogen and oxygen atoms in total. The average molecular weight is 678 g/mol. The van der Waals surface area contributed by atoms with Crippen LogP contribution in [0.4, 0.5) is 0 Å². The molecule has 0 heterocycles. The molecule has 0 aliphatic rings. The van der Waals surface area contributed by atoms with E-state index in [9.17, 15) is 9.46 Å². The SMILES string of the molecule is CCCCCCCCCCCCCCCCOCC(COP(=O)([O-])OCC[NH2+]C)OCCCCCCCCCCCCCCCC. The number of likely N-dealkylation sites (N-methyl/N-ethyl adjacent to an activating group) is 1. The third kappa shape index (κ3) is 36.8. The smallest absolute Gasteiger partial charge is 0.268 e. The molecule has 0 aromatic rings. The number of ether oxygens (including phenoxy) is 2. The molecule has 0 aliphatic heterocycles. The lowest BCUT2D eigenvalue weighted by Gasteiger charge is -2.25. The van der Waals surface area contributed by atoms with Crippen LogP contribution in [0.1, 0.15) is 194 Å². The number of quaternary nitrogens is 1. The summed E-state index contributed by atoms with van der Waals surface area (Å²) in [6, 6.07) is 0. The van der Waals surface area contributed by atoms with Gasteiger partial charge in [0.05, 0.1) is 26.8 Å². The fourth-order valence-electron chi connectivity index (χ4n) is 5.80. The molecule has 46 heavy (non-hydrogen) atoms. The second-order valence-corrected chi connectivity index (χ2v) is 14.9. The molecule has 0 saturated carbocycles. The van der Waals surface area contributed by atoms with Gasteiger partial charge in [0.25, 0.3) is 7.82 Å². The maximum absolute atomic E-state index is 12.1. The van der Waals surface area contributed by atoms with Crippen LogP contribution in [-0.4, -0.2) is 52.7 Å². The van der Waals surface area contributed by atoms with Crippen LogP contribution in [0.2, 0.25) is 0 Å². The summed E-state index contributed by atoms with van der Waals surface area (Å²) in [5.74, 6) is 0. The Morgan fingerprint density at radius 1 is 0.500 bits per heavy atom. The van der Waals surface area contributed by atoms with Crippen molar-refractivity contribution in [3.63, 3.8) is 0 Å². The van der Waals surface area contributed by atoms with Gasteiger partial charge < -0.3 is 28.7 Å². The lowest BCUT2D eigenvalue weighted by molar-refractivity contribution is -0.627. The zero-order valence-corrected chi connectivity index (χ0v) is 32.0. The van der Waals surface area contributed by atoms with Gasteiger partial charge in [-0.15, -0.1) is 0 Å². The Kier molecular flexibility index (Phi) is 37.8. The highest BCUT2D eigenvalue weighted by molar-refractivity contribution is 7.45. The Hall–Kier alpha value is -0.0100. The van der Waals surface area contributed by atoms with Crippen LogP contribution in [0.3, 0.4) is 0 Å². The second-order valence-electron chi connectivity index (χ2n) is 13.5. The molecule has 0 radical (unpaired) electrons. The number of phosphoric ester groups is 1. The molecule has 8 heteroatoms. The van der Waals surface area contributed by atoms with Gasteiger partial charge in [0.2, 0.25) is 0 Å². The van der Waals surface area contributed by atoms with Gasteiger partial charge in [0.1, 0.15) is 12.7 Å². The molecule has 0 aromatic heterocycles. The van der Waals surface area contributed by atoms with Crippen molar-refractivity contribution in [1.82, 2.24) is 0 Å². The molecule has 0 amide bonds. The number of hydrogen-bond donors (Lipinski definition) is 1. The predicted molar refractivity (Wildman–Crippen MR) is 193 cm³/mol. The van der Waals surface area contributed by atoms with Crippen LogP contribution in [-0.2, 0) is 23.1 Å². The topological polar surface area (TPSA) is 93.7 Å². The summed E-state index contributed by atoms with van der Waals surface area (Å²) in [5.41, 5.74) is 0. The molecule has 2 atom stereocenters. The zero-order chi connectivity index (χ0) is 33.7. The number of rotatable bonds is 40. The van der Waals surface area contributed by atoms with E-state index in [-0.39, 0.29) is 13.2 Å². The van der Waals surface area contributed by atoms with Gasteiger partial charge in [-0.3, -0.25) is 4.57 Å². The Balaban J connectivity index is 3.95. The second kappa shape index (κ2) is 37.8. The van der Waals surface area contributed by atoms with Gasteiger partial charge in [0, 0.05) is 13.2 Å². The van der Waals surface area contributed by atoms with E-state index in [1.54, 1.807) is 0 Å². The summed E-state index contributed by atoms with van der Waals surface area (Å²) in [7, 11) is -2.46. The van der Waals surface area contributed by atoms with Gasteiger partial charge in [-0.1, -0.05) is 181 Å². The van der Waals surface area contributed by atoms with E-state index in [0.29, 0.717) is 26.4 Å². The van der Waals surface area contributed by atoms with Crippen molar-refractivity contribution in [3.8, 4) is 0 Å². The lowest BCUT2D eigenvalue weighted by Crippen LogP contribution is -2.80. The summed E-state index contributed by atoms with van der Waals surface area (Å²) < 4.78 is 34.1. The lowest BCUT2D eigenvalue weighted by atomic mass is 10.0. The molecule has 0 aliphatic carbocycles. The minimum absolute atomic E-state index is 0.0615. The minimum atomic E-state index is -4.33. The maximum atomic E-state index is 12.1. The van der Waals surface area contributed by atoms with E-state index < -0.39 is 13.9 Å². The summed E-state index contributed by atoms with van der Waals surface area (Å²) in [6.45, 7) is 6.79. The quantitative estimate of drug-likeness (QED) is 0.0513. The van der Waals surface area contributed by atoms with Crippen molar-refractivity contribution in [3.05, 3.63) is 0 Å². The van der Waals surface area contributed by atoms with Crippen molar-refractivity contribution in [1.29, 1.82) is 0 Å². The van der Waals surface area contributed by atoms with E-state index in [2.05, 4.69) is 13.8 Å². The molecule has 0 spiro atoms. The van der Waals surface area contributed by atoms with Crippen LogP contribution >= 0.6 is 7.82 Å². The van der Waals surface area contributed by atoms with E-state index in [1.807, 2.05) is 12.4 Å². The third-order valence-electron chi connectivity index (χ3n) is 8.87. The Bertz CT molecular complexity index is 626. The van der Waals surface area contributed by atoms with E-state index in [4.69, 9.17) is 18.5 Å². The Morgan fingerprint density at radius 3 is 1.26 bits per heavy atom. The highest BCUT2D eigenvalue weighted by atomic mass is 31.2. The van der Waals surface area contributed by atoms with Crippen LogP contribution in [0.15, 0.2) is 0 Å². The molecular weight excluding hydrogens is 597 g/mol. The monoisotopic (exact) mass is 678 g/mol. The summed E-state index contributed by atoms with van der Waals surface area (Å²) in [6.07, 6.45) is 36.7. The Labute approximate surface area is 287 Å². The normalized spacial score (nSPS) is 13.7. The fourth-order valence-corrected chi connectivity index (χ4v) is 6.55. The molecule has 2 N–H and O–H groups in total. The molecule has 0 fully saturated rings. The standard InChI is InChI=1S/C38H80NO6P/c1-4-6-8-10-12-14-16-18-20-22-24-26-28-30-33-42-36-38(37-45-46(40,41)44-35-32-39-3)43-34-31-29-27-25-23-21-19-17-15-13-11-9-7-5-2/h38-39H,4-37H2,1-3H3,(H,40,41). The maximum Gasteiger partial charge on any atom is 0.268 e. The molecule has 0 saturated heterocycles. The fraction of sp³-hybridized carbons (Fsp3) is 1.00. The van der Waals surface area contributed by atoms with Crippen molar-refractivity contribution in [2.24, 2.45) is 0 Å². The summed E-state index contributed by atoms with van der Waals surface area (Å²) >= 11 is 0. The molecule has 2 unspecified atom stereocenters. The van der Waals surface area contributed by atoms with Gasteiger partial charge in [-0.2, -0.15) is 0 Å². The first kappa shape index (κ1) is 46.0. The first-order valence-electron chi connectivity index (χ1n) is 20.1. The van der Waals surface area contributed by atoms with Crippen molar-refractivity contribution in [2.75, 3.05) is 46.6 Å². The molecule has 278 valence electrons. The van der Waals surface area contributed by atoms with Gasteiger partial charge in [0.15, 0.2) is 0 Å². The highest BCUT2D eigenvalue weighted by Crippen LogP contribution is 2.38. The predicted octanol–water partition coefficient (Wildman–Crippen LogP) is 10.0. The number of hydrogen-bond acceptors (Lipinski definition) is 6. The molecule has 0 aromatic carbocycles. The van der Waals surface area contributed by atoms with Crippen LogP contribution in [0.25, 0.3) is 0 Å². The third-order valence-corrected chi connectivity index (χ3v) is 9.84. The first-order chi connectivity index (χ1) is 22.6. The molecular formula is C38H80NO6P. The first-order valence-corrected chi connectivity index (χ1v) is 21.6. The Morgan fingerprint density at radius 2 is 0.870 bits per heavy atom. The highest BCUT2D eigenvalue weighted by Gasteiger charge is 2.16. The van der Waals surface area contributed by atoms with Crippen molar-refractivity contribution < 1.29 is 33.3 Å². The van der Waals surface area contributed by atoms with Crippen molar-refractivity contribution >= 4 is 7.82 Å². The molecule has 0 rings (SSSR count).